The van der Waals surface area contributed by atoms with E-state index in [1.807, 2.05) is 0 Å². The Morgan fingerprint density at radius 3 is 2.37 bits per heavy atom. The van der Waals surface area contributed by atoms with E-state index in [1.54, 1.807) is 37.3 Å². The van der Waals surface area contributed by atoms with Crippen LogP contribution in [0.15, 0.2) is 42.1 Å². The molecule has 0 aliphatic rings. The van der Waals surface area contributed by atoms with Crippen molar-refractivity contribution in [3.05, 3.63) is 47.7 Å². The van der Waals surface area contributed by atoms with Gasteiger partial charge in [0.25, 0.3) is 0 Å². The van der Waals surface area contributed by atoms with Crippen LogP contribution in [0.4, 0.5) is 0 Å². The SMILES string of the molecule is COC(=O)C=C(C)NC(C(=O)O)c1ccccc1.[K]. The Balaban J connectivity index is 0.00000324. The van der Waals surface area contributed by atoms with Crippen LogP contribution in [-0.4, -0.2) is 75.5 Å². The van der Waals surface area contributed by atoms with Gasteiger partial charge in [0.05, 0.1) is 7.11 Å². The molecule has 1 aromatic carbocycles. The third-order valence-corrected chi connectivity index (χ3v) is 2.29. The molecule has 0 aliphatic carbocycles. The molecule has 2 N–H and O–H groups in total. The fourth-order valence-corrected chi connectivity index (χ4v) is 1.44. The maximum absolute atomic E-state index is 11.2. The van der Waals surface area contributed by atoms with E-state index >= 15 is 0 Å². The Morgan fingerprint density at radius 1 is 1.32 bits per heavy atom. The van der Waals surface area contributed by atoms with Crippen molar-refractivity contribution in [1.29, 1.82) is 0 Å². The zero-order valence-electron chi connectivity index (χ0n) is 11.2. The van der Waals surface area contributed by atoms with E-state index in [4.69, 9.17) is 5.11 Å². The van der Waals surface area contributed by atoms with E-state index in [1.165, 1.54) is 13.2 Å². The summed E-state index contributed by atoms with van der Waals surface area (Å²) in [4.78, 5) is 22.2. The molecule has 1 aromatic rings. The average Bonchev–Trinajstić information content (AvgIpc) is 2.36. The van der Waals surface area contributed by atoms with Crippen LogP contribution in [0.3, 0.4) is 0 Å². The molecule has 0 aromatic heterocycles. The Bertz CT molecular complexity index is 459. The topological polar surface area (TPSA) is 75.6 Å². The first kappa shape index (κ1) is 18.3. The minimum atomic E-state index is -1.01. The van der Waals surface area contributed by atoms with Crippen LogP contribution in [0.5, 0.6) is 0 Å². The van der Waals surface area contributed by atoms with Crippen molar-refractivity contribution in [2.24, 2.45) is 0 Å². The number of hydrogen-bond acceptors (Lipinski definition) is 4. The molecule has 97 valence electrons. The number of hydrogen-bond donors (Lipinski definition) is 2. The van der Waals surface area contributed by atoms with Crippen LogP contribution in [0, 0.1) is 0 Å². The monoisotopic (exact) mass is 288 g/mol. The van der Waals surface area contributed by atoms with Crippen LogP contribution >= 0.6 is 0 Å². The molecule has 0 aliphatic heterocycles. The Labute approximate surface area is 154 Å². The number of ether oxygens (including phenoxy) is 1. The predicted octanol–water partition coefficient (Wildman–Crippen LogP) is 1.10. The molecular weight excluding hydrogens is 273 g/mol. The van der Waals surface area contributed by atoms with Gasteiger partial charge in [-0.25, -0.2) is 9.59 Å². The second kappa shape index (κ2) is 9.27. The van der Waals surface area contributed by atoms with Gasteiger partial charge in [0.15, 0.2) is 0 Å². The molecule has 0 saturated carbocycles. The van der Waals surface area contributed by atoms with Crippen LogP contribution in [0.2, 0.25) is 0 Å². The second-order valence-corrected chi connectivity index (χ2v) is 3.68. The number of carbonyl (C=O) groups excluding carboxylic acids is 1. The number of allylic oxidation sites excluding steroid dienone is 1. The number of methoxy groups -OCH3 is 1. The summed E-state index contributed by atoms with van der Waals surface area (Å²) < 4.78 is 4.47. The van der Waals surface area contributed by atoms with E-state index in [-0.39, 0.29) is 51.4 Å². The number of aliphatic carboxylic acids is 1. The van der Waals surface area contributed by atoms with Crippen molar-refractivity contribution in [3.8, 4) is 0 Å². The fourth-order valence-electron chi connectivity index (χ4n) is 1.44. The van der Waals surface area contributed by atoms with E-state index in [2.05, 4.69) is 10.1 Å². The molecule has 6 heteroatoms. The zero-order valence-corrected chi connectivity index (χ0v) is 14.3. The van der Waals surface area contributed by atoms with E-state index in [0.717, 1.165) is 0 Å². The van der Waals surface area contributed by atoms with Crippen molar-refractivity contribution in [2.45, 2.75) is 13.0 Å². The number of carboxylic acid groups (broad SMARTS) is 1. The van der Waals surface area contributed by atoms with Gasteiger partial charge in [-0.2, -0.15) is 0 Å². The summed E-state index contributed by atoms with van der Waals surface area (Å²) in [6, 6.07) is 7.83. The van der Waals surface area contributed by atoms with E-state index in [9.17, 15) is 9.59 Å². The van der Waals surface area contributed by atoms with Crippen LogP contribution in [0.25, 0.3) is 0 Å². The number of esters is 1. The summed E-state index contributed by atoms with van der Waals surface area (Å²) in [6.45, 7) is 1.61. The van der Waals surface area contributed by atoms with Crippen LogP contribution < -0.4 is 5.32 Å². The Kier molecular flexibility index (Phi) is 8.95. The summed E-state index contributed by atoms with van der Waals surface area (Å²) in [5, 5.41) is 11.9. The van der Waals surface area contributed by atoms with Crippen molar-refractivity contribution in [2.75, 3.05) is 7.11 Å². The quantitative estimate of drug-likeness (QED) is 0.482. The summed E-state index contributed by atoms with van der Waals surface area (Å²) >= 11 is 0. The molecule has 0 bridgehead atoms. The molecule has 1 rings (SSSR count). The Hall–Kier alpha value is -0.664. The first-order valence-electron chi connectivity index (χ1n) is 5.35. The van der Waals surface area contributed by atoms with Gasteiger partial charge in [0.1, 0.15) is 6.04 Å². The minimum absolute atomic E-state index is 0. The van der Waals surface area contributed by atoms with Gasteiger partial charge in [0.2, 0.25) is 0 Å². The molecule has 1 unspecified atom stereocenters. The first-order valence-corrected chi connectivity index (χ1v) is 5.35. The smallest absolute Gasteiger partial charge is 0.332 e. The maximum Gasteiger partial charge on any atom is 0.332 e. The van der Waals surface area contributed by atoms with E-state index in [0.29, 0.717) is 11.3 Å². The molecule has 0 spiro atoms. The van der Waals surface area contributed by atoms with Gasteiger partial charge in [0, 0.05) is 63.2 Å². The third kappa shape index (κ3) is 6.35. The molecule has 0 heterocycles. The molecule has 0 amide bonds. The maximum atomic E-state index is 11.2. The number of benzene rings is 1. The van der Waals surface area contributed by atoms with Gasteiger partial charge in [-0.15, -0.1) is 0 Å². The van der Waals surface area contributed by atoms with Crippen molar-refractivity contribution >= 4 is 63.3 Å². The van der Waals surface area contributed by atoms with Gasteiger partial charge < -0.3 is 15.2 Å². The molecule has 0 saturated heterocycles. The average molecular weight is 288 g/mol. The molecule has 0 fully saturated rings. The number of carbonyl (C=O) groups is 2. The van der Waals surface area contributed by atoms with Gasteiger partial charge in [-0.05, 0) is 12.5 Å². The predicted molar refractivity (Wildman–Crippen MR) is 71.5 cm³/mol. The zero-order chi connectivity index (χ0) is 13.5. The molecule has 5 nitrogen and oxygen atoms in total. The van der Waals surface area contributed by atoms with Gasteiger partial charge >= 0.3 is 11.9 Å². The molecule has 1 radical (unpaired) electrons. The molecular formula is C13H15KNO4. The van der Waals surface area contributed by atoms with Crippen molar-refractivity contribution in [3.63, 3.8) is 0 Å². The summed E-state index contributed by atoms with van der Waals surface area (Å²) in [7, 11) is 1.26. The van der Waals surface area contributed by atoms with Gasteiger partial charge in [-0.1, -0.05) is 30.3 Å². The molecule has 1 atom stereocenters. The number of nitrogens with one attached hydrogen (secondary N) is 1. The minimum Gasteiger partial charge on any atom is -0.479 e. The number of rotatable bonds is 5. The van der Waals surface area contributed by atoms with Crippen molar-refractivity contribution < 1.29 is 19.4 Å². The summed E-state index contributed by atoms with van der Waals surface area (Å²) in [5.41, 5.74) is 1.04. The standard InChI is InChI=1S/C13H15NO4.K/c1-9(8-11(15)18-2)14-12(13(16)17)10-6-4-3-5-7-10;/h3-8,12,14H,1-2H3,(H,16,17);. The van der Waals surface area contributed by atoms with Crippen LogP contribution in [0.1, 0.15) is 18.5 Å². The van der Waals surface area contributed by atoms with Crippen molar-refractivity contribution in [1.82, 2.24) is 5.32 Å². The molecule has 19 heavy (non-hydrogen) atoms. The third-order valence-electron chi connectivity index (χ3n) is 2.29. The van der Waals surface area contributed by atoms with Crippen LogP contribution in [-0.2, 0) is 14.3 Å². The normalized spacial score (nSPS) is 12.0. The van der Waals surface area contributed by atoms with E-state index < -0.39 is 18.0 Å². The summed E-state index contributed by atoms with van der Waals surface area (Å²) in [5.74, 6) is -1.55. The van der Waals surface area contributed by atoms with Gasteiger partial charge in [-0.3, -0.25) is 0 Å². The largest absolute Gasteiger partial charge is 0.479 e. The number of carboxylic acids is 1. The first-order chi connectivity index (χ1) is 8.54. The Morgan fingerprint density at radius 2 is 1.89 bits per heavy atom. The second-order valence-electron chi connectivity index (χ2n) is 3.68. The summed E-state index contributed by atoms with van der Waals surface area (Å²) in [6.07, 6.45) is 1.21. The fraction of sp³-hybridized carbons (Fsp3) is 0.231.